The van der Waals surface area contributed by atoms with Crippen LogP contribution in [0, 0.1) is 12.7 Å². The number of likely N-dealkylation sites (N-methyl/N-ethyl adjacent to an activating group) is 1. The summed E-state index contributed by atoms with van der Waals surface area (Å²) in [7, 11) is 3.75. The van der Waals surface area contributed by atoms with Gasteiger partial charge in [0.05, 0.1) is 5.52 Å². The Balaban J connectivity index is 2.82. The number of aromatic nitrogens is 1. The molecule has 0 radical (unpaired) electrons. The second-order valence-electron chi connectivity index (χ2n) is 5.22. The van der Waals surface area contributed by atoms with Gasteiger partial charge in [-0.1, -0.05) is 0 Å². The lowest BCUT2D eigenvalue weighted by molar-refractivity contribution is 0.0683. The number of carboxylic acids is 1. The Hall–Kier alpha value is -2.21. The highest BCUT2D eigenvalue weighted by atomic mass is 19.1. The molecule has 5 nitrogen and oxygen atoms in total. The minimum absolute atomic E-state index is 0.0408. The normalized spacial score (nSPS) is 11.3. The molecule has 0 aliphatic rings. The lowest BCUT2D eigenvalue weighted by Crippen LogP contribution is -2.26. The zero-order chi connectivity index (χ0) is 15.7. The second-order valence-corrected chi connectivity index (χ2v) is 5.22. The SMILES string of the molecule is Cc1c(C(=O)O)n(CCN(C)C)c2ccc(F)cc2c1=O. The van der Waals surface area contributed by atoms with Crippen molar-refractivity contribution < 1.29 is 14.3 Å². The number of hydrogen-bond donors (Lipinski definition) is 1. The van der Waals surface area contributed by atoms with E-state index < -0.39 is 17.2 Å². The summed E-state index contributed by atoms with van der Waals surface area (Å²) in [6.45, 7) is 2.47. The Kier molecular flexibility index (Phi) is 4.09. The molecule has 112 valence electrons. The van der Waals surface area contributed by atoms with E-state index in [0.717, 1.165) is 6.07 Å². The molecule has 1 aromatic carbocycles. The van der Waals surface area contributed by atoms with Crippen molar-refractivity contribution in [2.24, 2.45) is 0 Å². The molecule has 0 bridgehead atoms. The van der Waals surface area contributed by atoms with E-state index in [-0.39, 0.29) is 16.6 Å². The minimum atomic E-state index is -1.16. The molecule has 0 fully saturated rings. The third kappa shape index (κ3) is 2.80. The molecule has 21 heavy (non-hydrogen) atoms. The van der Waals surface area contributed by atoms with Crippen molar-refractivity contribution in [2.45, 2.75) is 13.5 Å². The van der Waals surface area contributed by atoms with E-state index in [1.807, 2.05) is 19.0 Å². The highest BCUT2D eigenvalue weighted by molar-refractivity contribution is 5.92. The summed E-state index contributed by atoms with van der Waals surface area (Å²) < 4.78 is 14.9. The van der Waals surface area contributed by atoms with Gasteiger partial charge in [-0.3, -0.25) is 4.79 Å². The van der Waals surface area contributed by atoms with Gasteiger partial charge in [0.15, 0.2) is 5.43 Å². The van der Waals surface area contributed by atoms with Crippen molar-refractivity contribution in [1.29, 1.82) is 0 Å². The molecule has 0 unspecified atom stereocenters. The van der Waals surface area contributed by atoms with Crippen molar-refractivity contribution in [3.8, 4) is 0 Å². The van der Waals surface area contributed by atoms with Gasteiger partial charge in [-0.25, -0.2) is 9.18 Å². The van der Waals surface area contributed by atoms with E-state index in [2.05, 4.69) is 0 Å². The fraction of sp³-hybridized carbons (Fsp3) is 0.333. The average Bonchev–Trinajstić information content (AvgIpc) is 2.40. The summed E-state index contributed by atoms with van der Waals surface area (Å²) in [4.78, 5) is 25.7. The van der Waals surface area contributed by atoms with E-state index in [4.69, 9.17) is 0 Å². The first kappa shape index (κ1) is 15.2. The largest absolute Gasteiger partial charge is 0.477 e. The summed E-state index contributed by atoms with van der Waals surface area (Å²) in [5.74, 6) is -1.67. The number of halogens is 1. The maximum Gasteiger partial charge on any atom is 0.352 e. The second kappa shape index (κ2) is 5.65. The molecule has 0 spiro atoms. The molecule has 0 amide bonds. The van der Waals surface area contributed by atoms with E-state index in [1.54, 1.807) is 4.57 Å². The van der Waals surface area contributed by atoms with Crippen molar-refractivity contribution in [3.63, 3.8) is 0 Å². The number of fused-ring (bicyclic) bond motifs is 1. The van der Waals surface area contributed by atoms with E-state index in [0.29, 0.717) is 18.6 Å². The smallest absolute Gasteiger partial charge is 0.352 e. The van der Waals surface area contributed by atoms with Crippen molar-refractivity contribution in [3.05, 3.63) is 45.5 Å². The minimum Gasteiger partial charge on any atom is -0.477 e. The Morgan fingerprint density at radius 1 is 1.38 bits per heavy atom. The first-order valence-electron chi connectivity index (χ1n) is 6.53. The third-order valence-electron chi connectivity index (χ3n) is 3.43. The van der Waals surface area contributed by atoms with Crippen LogP contribution in [0.4, 0.5) is 4.39 Å². The van der Waals surface area contributed by atoms with Crippen LogP contribution < -0.4 is 5.43 Å². The molecule has 1 heterocycles. The first-order valence-corrected chi connectivity index (χ1v) is 6.53. The fourth-order valence-electron chi connectivity index (χ4n) is 2.37. The molecule has 1 aromatic heterocycles. The van der Waals surface area contributed by atoms with Crippen molar-refractivity contribution in [1.82, 2.24) is 9.47 Å². The number of hydrogen-bond acceptors (Lipinski definition) is 3. The van der Waals surface area contributed by atoms with Gasteiger partial charge in [-0.05, 0) is 39.2 Å². The maximum absolute atomic E-state index is 13.4. The van der Waals surface area contributed by atoms with Crippen molar-refractivity contribution in [2.75, 3.05) is 20.6 Å². The summed E-state index contributed by atoms with van der Waals surface area (Å²) in [5.41, 5.74) is 0.0783. The number of carboxylic acid groups (broad SMARTS) is 1. The third-order valence-corrected chi connectivity index (χ3v) is 3.43. The van der Waals surface area contributed by atoms with E-state index >= 15 is 0 Å². The molecule has 0 aliphatic heterocycles. The van der Waals surface area contributed by atoms with Crippen LogP contribution in [0.2, 0.25) is 0 Å². The zero-order valence-corrected chi connectivity index (χ0v) is 12.2. The van der Waals surface area contributed by atoms with Crippen LogP contribution in [0.15, 0.2) is 23.0 Å². The van der Waals surface area contributed by atoms with E-state index in [9.17, 15) is 19.1 Å². The monoisotopic (exact) mass is 292 g/mol. The predicted molar refractivity (Wildman–Crippen MR) is 78.4 cm³/mol. The fourth-order valence-corrected chi connectivity index (χ4v) is 2.37. The molecule has 0 saturated carbocycles. The molecule has 1 N–H and O–H groups in total. The average molecular weight is 292 g/mol. The molecule has 0 aliphatic carbocycles. The van der Waals surface area contributed by atoms with E-state index in [1.165, 1.54) is 19.1 Å². The van der Waals surface area contributed by atoms with Crippen LogP contribution in [-0.2, 0) is 6.54 Å². The molecule has 0 atom stereocenters. The maximum atomic E-state index is 13.4. The molecular formula is C15H17FN2O3. The Morgan fingerprint density at radius 3 is 2.62 bits per heavy atom. The summed E-state index contributed by atoms with van der Waals surface area (Å²) in [5, 5.41) is 9.61. The molecule has 0 saturated heterocycles. The van der Waals surface area contributed by atoms with Gasteiger partial charge in [-0.2, -0.15) is 0 Å². The predicted octanol–water partition coefficient (Wildman–Crippen LogP) is 1.71. The number of rotatable bonds is 4. The van der Waals surface area contributed by atoms with Crippen LogP contribution >= 0.6 is 0 Å². The molecular weight excluding hydrogens is 275 g/mol. The number of nitrogens with zero attached hydrogens (tertiary/aromatic N) is 2. The van der Waals surface area contributed by atoms with Crippen LogP contribution in [0.5, 0.6) is 0 Å². The molecule has 6 heteroatoms. The summed E-state index contributed by atoms with van der Waals surface area (Å²) in [6, 6.07) is 3.84. The van der Waals surface area contributed by atoms with Crippen LogP contribution in [0.1, 0.15) is 16.1 Å². The van der Waals surface area contributed by atoms with Gasteiger partial charge >= 0.3 is 5.97 Å². The van der Waals surface area contributed by atoms with Crippen molar-refractivity contribution >= 4 is 16.9 Å². The summed E-state index contributed by atoms with van der Waals surface area (Å²) in [6.07, 6.45) is 0. The highest BCUT2D eigenvalue weighted by Crippen LogP contribution is 2.18. The van der Waals surface area contributed by atoms with Gasteiger partial charge in [0.2, 0.25) is 0 Å². The Labute approximate surface area is 121 Å². The lowest BCUT2D eigenvalue weighted by atomic mass is 10.1. The standard InChI is InChI=1S/C15H17FN2O3/c1-9-13(15(20)21)18(7-6-17(2)3)12-5-4-10(16)8-11(12)14(9)19/h4-5,8H,6-7H2,1-3H3,(H,20,21). The Morgan fingerprint density at radius 2 is 2.05 bits per heavy atom. The number of carbonyl (C=O) groups is 1. The van der Waals surface area contributed by atoms with Gasteiger partial charge in [0, 0.05) is 24.0 Å². The topological polar surface area (TPSA) is 62.5 Å². The number of benzene rings is 1. The number of pyridine rings is 1. The molecule has 2 rings (SSSR count). The highest BCUT2D eigenvalue weighted by Gasteiger charge is 2.19. The van der Waals surface area contributed by atoms with Gasteiger partial charge < -0.3 is 14.6 Å². The lowest BCUT2D eigenvalue weighted by Gasteiger charge is -2.18. The van der Waals surface area contributed by atoms with Gasteiger partial charge in [0.25, 0.3) is 0 Å². The van der Waals surface area contributed by atoms with Gasteiger partial charge in [0.1, 0.15) is 11.5 Å². The Bertz CT molecular complexity index is 766. The van der Waals surface area contributed by atoms with Crippen LogP contribution in [0.25, 0.3) is 10.9 Å². The first-order chi connectivity index (χ1) is 9.82. The van der Waals surface area contributed by atoms with Crippen LogP contribution in [0.3, 0.4) is 0 Å². The quantitative estimate of drug-likeness (QED) is 0.932. The van der Waals surface area contributed by atoms with Gasteiger partial charge in [-0.15, -0.1) is 0 Å². The van der Waals surface area contributed by atoms with Crippen LogP contribution in [-0.4, -0.2) is 41.2 Å². The molecule has 2 aromatic rings. The summed E-state index contributed by atoms with van der Waals surface area (Å²) >= 11 is 0. The number of aromatic carboxylic acids is 1. The zero-order valence-electron chi connectivity index (χ0n) is 12.2.